The van der Waals surface area contributed by atoms with Gasteiger partial charge in [0.25, 0.3) is 0 Å². The van der Waals surface area contributed by atoms with Gasteiger partial charge in [0.1, 0.15) is 0 Å². The fourth-order valence-corrected chi connectivity index (χ4v) is 3.30. The predicted molar refractivity (Wildman–Crippen MR) is 86.3 cm³/mol. The van der Waals surface area contributed by atoms with Crippen molar-refractivity contribution in [3.63, 3.8) is 0 Å². The molecule has 3 nitrogen and oxygen atoms in total. The van der Waals surface area contributed by atoms with Gasteiger partial charge in [-0.15, -0.1) is 0 Å². The first kappa shape index (κ1) is 14.2. The van der Waals surface area contributed by atoms with Crippen molar-refractivity contribution in [1.29, 1.82) is 0 Å². The van der Waals surface area contributed by atoms with Crippen LogP contribution in [0.4, 0.5) is 0 Å². The highest BCUT2D eigenvalue weighted by atomic mass is 16.2. The van der Waals surface area contributed by atoms with Gasteiger partial charge >= 0.3 is 0 Å². The highest BCUT2D eigenvalue weighted by molar-refractivity contribution is 5.85. The van der Waals surface area contributed by atoms with Gasteiger partial charge in [0.2, 0.25) is 5.91 Å². The number of aryl methyl sites for hydroxylation is 2. The number of aromatic amines is 1. The summed E-state index contributed by atoms with van der Waals surface area (Å²) in [5.41, 5.74) is 3.66. The lowest BCUT2D eigenvalue weighted by molar-refractivity contribution is -0.132. The Hall–Kier alpha value is -1.77. The first-order chi connectivity index (χ1) is 10.1. The standard InChI is InChI=1S/C18H24N2O/c1-13-9-11-20(12-10-13)18(21)8-7-15-14(2)19-17-6-4-3-5-16(15)17/h3-6,13,19H,7-12H2,1-2H3. The number of carbonyl (C=O) groups excluding carboxylic acids is 1. The third kappa shape index (κ3) is 2.97. The van der Waals surface area contributed by atoms with Crippen LogP contribution in [0.1, 0.15) is 37.4 Å². The summed E-state index contributed by atoms with van der Waals surface area (Å²) in [6.07, 6.45) is 3.76. The molecule has 0 aliphatic carbocycles. The van der Waals surface area contributed by atoms with E-state index < -0.39 is 0 Å². The number of benzene rings is 1. The predicted octanol–water partition coefficient (Wildman–Crippen LogP) is 3.67. The van der Waals surface area contributed by atoms with Crippen LogP contribution in [-0.4, -0.2) is 28.9 Å². The molecule has 1 saturated heterocycles. The summed E-state index contributed by atoms with van der Waals surface area (Å²) in [7, 11) is 0. The molecule has 1 aliphatic rings. The maximum absolute atomic E-state index is 12.4. The summed E-state index contributed by atoms with van der Waals surface area (Å²) < 4.78 is 0. The topological polar surface area (TPSA) is 36.1 Å². The second kappa shape index (κ2) is 5.92. The molecular formula is C18H24N2O. The van der Waals surface area contributed by atoms with Crippen molar-refractivity contribution in [3.05, 3.63) is 35.5 Å². The van der Waals surface area contributed by atoms with E-state index in [1.165, 1.54) is 22.2 Å². The van der Waals surface area contributed by atoms with E-state index in [1.807, 2.05) is 11.0 Å². The number of hydrogen-bond acceptors (Lipinski definition) is 1. The highest BCUT2D eigenvalue weighted by Gasteiger charge is 2.20. The smallest absolute Gasteiger partial charge is 0.222 e. The number of likely N-dealkylation sites (tertiary alicyclic amines) is 1. The molecule has 1 amide bonds. The van der Waals surface area contributed by atoms with Crippen molar-refractivity contribution in [3.8, 4) is 0 Å². The Morgan fingerprint density at radius 1 is 1.29 bits per heavy atom. The molecule has 0 atom stereocenters. The number of carbonyl (C=O) groups is 1. The van der Waals surface area contributed by atoms with Crippen LogP contribution in [0.3, 0.4) is 0 Å². The molecule has 112 valence electrons. The summed E-state index contributed by atoms with van der Waals surface area (Å²) >= 11 is 0. The third-order valence-electron chi connectivity index (χ3n) is 4.75. The van der Waals surface area contributed by atoms with Gasteiger partial charge in [0.15, 0.2) is 0 Å². The molecule has 1 aromatic heterocycles. The van der Waals surface area contributed by atoms with Crippen molar-refractivity contribution in [1.82, 2.24) is 9.88 Å². The molecule has 3 rings (SSSR count). The molecule has 2 aromatic rings. The lowest BCUT2D eigenvalue weighted by Gasteiger charge is -2.30. The van der Waals surface area contributed by atoms with Crippen LogP contribution in [-0.2, 0) is 11.2 Å². The Balaban J connectivity index is 1.66. The zero-order valence-corrected chi connectivity index (χ0v) is 13.0. The van der Waals surface area contributed by atoms with E-state index >= 15 is 0 Å². The van der Waals surface area contributed by atoms with Gasteiger partial charge in [-0.25, -0.2) is 0 Å². The number of para-hydroxylation sites is 1. The van der Waals surface area contributed by atoms with Gasteiger partial charge in [0, 0.05) is 36.1 Å². The monoisotopic (exact) mass is 284 g/mol. The number of fused-ring (bicyclic) bond motifs is 1. The molecule has 21 heavy (non-hydrogen) atoms. The van der Waals surface area contributed by atoms with E-state index in [0.717, 1.165) is 38.3 Å². The van der Waals surface area contributed by atoms with E-state index in [-0.39, 0.29) is 0 Å². The minimum Gasteiger partial charge on any atom is -0.358 e. The largest absolute Gasteiger partial charge is 0.358 e. The minimum atomic E-state index is 0.312. The van der Waals surface area contributed by atoms with Gasteiger partial charge in [-0.3, -0.25) is 4.79 Å². The number of hydrogen-bond donors (Lipinski definition) is 1. The lowest BCUT2D eigenvalue weighted by atomic mass is 9.98. The average molecular weight is 284 g/mol. The first-order valence-corrected chi connectivity index (χ1v) is 7.99. The van der Waals surface area contributed by atoms with Crippen LogP contribution < -0.4 is 0 Å². The van der Waals surface area contributed by atoms with E-state index in [0.29, 0.717) is 12.3 Å². The van der Waals surface area contributed by atoms with Crippen molar-refractivity contribution < 1.29 is 4.79 Å². The van der Waals surface area contributed by atoms with Crippen molar-refractivity contribution >= 4 is 16.8 Å². The van der Waals surface area contributed by atoms with Gasteiger partial charge in [0.05, 0.1) is 0 Å². The molecule has 3 heteroatoms. The number of amides is 1. The summed E-state index contributed by atoms with van der Waals surface area (Å²) in [5, 5.41) is 1.26. The Morgan fingerprint density at radius 2 is 2.00 bits per heavy atom. The van der Waals surface area contributed by atoms with Crippen LogP contribution in [0.15, 0.2) is 24.3 Å². The number of rotatable bonds is 3. The average Bonchev–Trinajstić information content (AvgIpc) is 2.81. The fourth-order valence-electron chi connectivity index (χ4n) is 3.30. The maximum Gasteiger partial charge on any atom is 0.222 e. The van der Waals surface area contributed by atoms with Gasteiger partial charge < -0.3 is 9.88 Å². The van der Waals surface area contributed by atoms with E-state index in [9.17, 15) is 4.79 Å². The Labute approximate surface area is 126 Å². The molecule has 0 radical (unpaired) electrons. The van der Waals surface area contributed by atoms with Crippen LogP contribution in [0.25, 0.3) is 10.9 Å². The molecule has 0 spiro atoms. The van der Waals surface area contributed by atoms with Gasteiger partial charge in [-0.2, -0.15) is 0 Å². The van der Waals surface area contributed by atoms with Crippen molar-refractivity contribution in [2.24, 2.45) is 5.92 Å². The molecule has 0 bridgehead atoms. The number of nitrogens with one attached hydrogen (secondary N) is 1. The minimum absolute atomic E-state index is 0.312. The highest BCUT2D eigenvalue weighted by Crippen LogP contribution is 2.24. The summed E-state index contributed by atoms with van der Waals surface area (Å²) in [5.74, 6) is 1.08. The van der Waals surface area contributed by atoms with Crippen LogP contribution >= 0.6 is 0 Å². The van der Waals surface area contributed by atoms with Gasteiger partial charge in [-0.05, 0) is 43.7 Å². The number of nitrogens with zero attached hydrogens (tertiary/aromatic N) is 1. The molecule has 1 aliphatic heterocycles. The molecule has 0 saturated carbocycles. The summed E-state index contributed by atoms with van der Waals surface area (Å²) in [4.78, 5) is 17.8. The SMILES string of the molecule is Cc1[nH]c2ccccc2c1CCC(=O)N1CCC(C)CC1. The zero-order valence-electron chi connectivity index (χ0n) is 13.0. The first-order valence-electron chi connectivity index (χ1n) is 7.99. The Kier molecular flexibility index (Phi) is 4.00. The normalized spacial score (nSPS) is 16.6. The summed E-state index contributed by atoms with van der Waals surface area (Å²) in [6.45, 7) is 6.25. The Bertz CT molecular complexity index is 636. The molecule has 1 fully saturated rings. The third-order valence-corrected chi connectivity index (χ3v) is 4.75. The van der Waals surface area contributed by atoms with Crippen LogP contribution in [0.2, 0.25) is 0 Å². The molecule has 2 heterocycles. The van der Waals surface area contributed by atoms with Crippen LogP contribution in [0, 0.1) is 12.8 Å². The zero-order chi connectivity index (χ0) is 14.8. The Morgan fingerprint density at radius 3 is 2.76 bits per heavy atom. The van der Waals surface area contributed by atoms with Crippen molar-refractivity contribution in [2.75, 3.05) is 13.1 Å². The fraction of sp³-hybridized carbons (Fsp3) is 0.500. The number of aromatic nitrogens is 1. The van der Waals surface area contributed by atoms with E-state index in [2.05, 4.69) is 37.0 Å². The molecule has 1 N–H and O–H groups in total. The van der Waals surface area contributed by atoms with Crippen LogP contribution in [0.5, 0.6) is 0 Å². The number of piperidine rings is 1. The second-order valence-corrected chi connectivity index (χ2v) is 6.34. The summed E-state index contributed by atoms with van der Waals surface area (Å²) in [6, 6.07) is 8.34. The molecular weight excluding hydrogens is 260 g/mol. The van der Waals surface area contributed by atoms with E-state index in [1.54, 1.807) is 0 Å². The number of H-pyrrole nitrogens is 1. The molecule has 0 unspecified atom stereocenters. The van der Waals surface area contributed by atoms with E-state index in [4.69, 9.17) is 0 Å². The molecule has 1 aromatic carbocycles. The maximum atomic E-state index is 12.4. The lowest BCUT2D eigenvalue weighted by Crippen LogP contribution is -2.38. The van der Waals surface area contributed by atoms with Gasteiger partial charge in [-0.1, -0.05) is 25.1 Å². The van der Waals surface area contributed by atoms with Crippen molar-refractivity contribution in [2.45, 2.75) is 39.5 Å². The quantitative estimate of drug-likeness (QED) is 0.917. The second-order valence-electron chi connectivity index (χ2n) is 6.34.